The molecule has 27 heavy (non-hydrogen) atoms. The van der Waals surface area contributed by atoms with Gasteiger partial charge in [-0.25, -0.2) is 4.39 Å². The van der Waals surface area contributed by atoms with Crippen molar-refractivity contribution in [3.05, 3.63) is 81.6 Å². The number of halogens is 1. The Morgan fingerprint density at radius 2 is 1.93 bits per heavy atom. The average molecular weight is 383 g/mol. The van der Waals surface area contributed by atoms with Crippen molar-refractivity contribution in [3.8, 4) is 5.69 Å². The molecule has 0 bridgehead atoms. The summed E-state index contributed by atoms with van der Waals surface area (Å²) in [6, 6.07) is 12.3. The zero-order chi connectivity index (χ0) is 19.4. The summed E-state index contributed by atoms with van der Waals surface area (Å²) in [4.78, 5) is 15.5. The largest absolute Gasteiger partial charge is 0.351 e. The number of aromatic nitrogens is 2. The quantitative estimate of drug-likeness (QED) is 0.481. The van der Waals surface area contributed by atoms with Gasteiger partial charge in [-0.15, -0.1) is 0 Å². The second-order valence-corrected chi connectivity index (χ2v) is 6.97. The van der Waals surface area contributed by atoms with Crippen LogP contribution in [0.5, 0.6) is 0 Å². The second-order valence-electron chi connectivity index (χ2n) is 6.58. The Morgan fingerprint density at radius 3 is 2.63 bits per heavy atom. The average Bonchev–Trinajstić information content (AvgIpc) is 3.02. The third-order valence-electron chi connectivity index (χ3n) is 4.50. The van der Waals surface area contributed by atoms with Crippen LogP contribution in [0.4, 0.5) is 4.39 Å². The number of nitrogens with zero attached hydrogens (tertiary/aromatic N) is 1. The predicted octanol–water partition coefficient (Wildman–Crippen LogP) is 4.65. The maximum atomic E-state index is 13.2. The number of rotatable bonds is 6. The minimum absolute atomic E-state index is 0.215. The van der Waals surface area contributed by atoms with Crippen LogP contribution in [0.25, 0.3) is 5.69 Å². The highest BCUT2D eigenvalue weighted by molar-refractivity contribution is 7.71. The lowest BCUT2D eigenvalue weighted by Gasteiger charge is -2.10. The molecule has 0 fully saturated rings. The Bertz CT molecular complexity index is 1010. The molecular formula is C21H22FN3OS. The number of imidazole rings is 1. The number of hydrogen-bond acceptors (Lipinski definition) is 2. The van der Waals surface area contributed by atoms with Crippen molar-refractivity contribution in [2.45, 2.75) is 26.7 Å². The lowest BCUT2D eigenvalue weighted by atomic mass is 10.0. The Morgan fingerprint density at radius 1 is 1.19 bits per heavy atom. The molecule has 1 aromatic heterocycles. The molecule has 0 radical (unpaired) electrons. The smallest absolute Gasteiger partial charge is 0.269 e. The molecule has 0 spiro atoms. The number of carbonyl (C=O) groups excluding carboxylic acids is 1. The van der Waals surface area contributed by atoms with Gasteiger partial charge in [0.25, 0.3) is 5.91 Å². The molecule has 2 aromatic carbocycles. The van der Waals surface area contributed by atoms with Gasteiger partial charge in [-0.2, -0.15) is 0 Å². The van der Waals surface area contributed by atoms with E-state index in [1.807, 2.05) is 0 Å². The molecule has 1 amide bonds. The number of aryl methyl sites for hydroxylation is 3. The Balaban J connectivity index is 1.63. The van der Waals surface area contributed by atoms with Crippen LogP contribution in [-0.2, 0) is 6.42 Å². The highest BCUT2D eigenvalue weighted by atomic mass is 32.1. The lowest BCUT2D eigenvalue weighted by Crippen LogP contribution is -2.27. The van der Waals surface area contributed by atoms with Gasteiger partial charge < -0.3 is 10.3 Å². The summed E-state index contributed by atoms with van der Waals surface area (Å²) in [6.45, 7) is 4.75. The van der Waals surface area contributed by atoms with E-state index in [0.717, 1.165) is 12.8 Å². The number of benzene rings is 2. The maximum Gasteiger partial charge on any atom is 0.269 e. The first-order valence-electron chi connectivity index (χ1n) is 8.86. The van der Waals surface area contributed by atoms with Gasteiger partial charge in [0, 0.05) is 18.4 Å². The van der Waals surface area contributed by atoms with Gasteiger partial charge >= 0.3 is 0 Å². The van der Waals surface area contributed by atoms with Crippen molar-refractivity contribution in [3.63, 3.8) is 0 Å². The van der Waals surface area contributed by atoms with E-state index in [-0.39, 0.29) is 11.7 Å². The fraction of sp³-hybridized carbons (Fsp3) is 0.238. The van der Waals surface area contributed by atoms with Gasteiger partial charge in [0.15, 0.2) is 4.77 Å². The topological polar surface area (TPSA) is 49.8 Å². The minimum Gasteiger partial charge on any atom is -0.351 e. The monoisotopic (exact) mass is 383 g/mol. The van der Waals surface area contributed by atoms with Crippen LogP contribution >= 0.6 is 12.2 Å². The van der Waals surface area contributed by atoms with E-state index in [4.69, 9.17) is 12.2 Å². The summed E-state index contributed by atoms with van der Waals surface area (Å²) in [7, 11) is 0. The van der Waals surface area contributed by atoms with E-state index in [9.17, 15) is 9.18 Å². The predicted molar refractivity (Wildman–Crippen MR) is 107 cm³/mol. The summed E-state index contributed by atoms with van der Waals surface area (Å²) >= 11 is 5.26. The highest BCUT2D eigenvalue weighted by Crippen LogP contribution is 2.14. The molecule has 0 saturated carbocycles. The molecule has 3 rings (SSSR count). The van der Waals surface area contributed by atoms with Crippen LogP contribution in [0.1, 0.15) is 33.6 Å². The number of hydrogen-bond donors (Lipinski definition) is 2. The van der Waals surface area contributed by atoms with Gasteiger partial charge in [-0.1, -0.05) is 23.8 Å². The molecule has 0 aliphatic heterocycles. The summed E-state index contributed by atoms with van der Waals surface area (Å²) in [6.07, 6.45) is 3.33. The van der Waals surface area contributed by atoms with E-state index in [1.165, 1.54) is 28.8 Å². The van der Waals surface area contributed by atoms with E-state index in [2.05, 4.69) is 42.3 Å². The fourth-order valence-corrected chi connectivity index (χ4v) is 3.34. The molecule has 0 unspecified atom stereocenters. The second kappa shape index (κ2) is 8.31. The molecule has 0 aliphatic carbocycles. The van der Waals surface area contributed by atoms with Crippen molar-refractivity contribution in [1.29, 1.82) is 0 Å². The zero-order valence-corrected chi connectivity index (χ0v) is 16.2. The molecule has 0 atom stereocenters. The Hall–Kier alpha value is -2.73. The molecule has 2 N–H and O–H groups in total. The van der Waals surface area contributed by atoms with Crippen molar-refractivity contribution in [2.75, 3.05) is 6.54 Å². The van der Waals surface area contributed by atoms with Crippen LogP contribution < -0.4 is 5.32 Å². The summed E-state index contributed by atoms with van der Waals surface area (Å²) in [5, 5.41) is 2.93. The molecular weight excluding hydrogens is 361 g/mol. The molecule has 0 aliphatic rings. The molecule has 6 heteroatoms. The van der Waals surface area contributed by atoms with Crippen LogP contribution in [0.2, 0.25) is 0 Å². The highest BCUT2D eigenvalue weighted by Gasteiger charge is 2.14. The van der Waals surface area contributed by atoms with Gasteiger partial charge in [0.2, 0.25) is 0 Å². The standard InChI is InChI=1S/C21H22FN3OS/c1-14-5-6-16(15(2)12-14)4-3-11-23-20(26)19-13-24-21(27)25(19)18-9-7-17(22)8-10-18/h5-10,12-13H,3-4,11H2,1-2H3,(H,23,26)(H,24,27). The molecule has 4 nitrogen and oxygen atoms in total. The first kappa shape index (κ1) is 19.0. The molecule has 3 aromatic rings. The van der Waals surface area contributed by atoms with Crippen molar-refractivity contribution >= 4 is 18.1 Å². The van der Waals surface area contributed by atoms with Crippen LogP contribution in [0.15, 0.2) is 48.7 Å². The number of carbonyl (C=O) groups is 1. The Kier molecular flexibility index (Phi) is 5.86. The lowest BCUT2D eigenvalue weighted by molar-refractivity contribution is 0.0946. The van der Waals surface area contributed by atoms with E-state index in [0.29, 0.717) is 22.7 Å². The van der Waals surface area contributed by atoms with Crippen molar-refractivity contribution in [1.82, 2.24) is 14.9 Å². The van der Waals surface area contributed by atoms with Gasteiger partial charge in [0.05, 0.1) is 0 Å². The normalized spacial score (nSPS) is 10.8. The SMILES string of the molecule is Cc1ccc(CCCNC(=O)c2c[nH]c(=S)n2-c2ccc(F)cc2)c(C)c1. The number of H-pyrrole nitrogens is 1. The summed E-state index contributed by atoms with van der Waals surface area (Å²) in [5.41, 5.74) is 4.87. The first-order valence-corrected chi connectivity index (χ1v) is 9.27. The third kappa shape index (κ3) is 4.52. The van der Waals surface area contributed by atoms with E-state index >= 15 is 0 Å². The van der Waals surface area contributed by atoms with Gasteiger partial charge in [-0.3, -0.25) is 9.36 Å². The van der Waals surface area contributed by atoms with Crippen LogP contribution in [-0.4, -0.2) is 22.0 Å². The van der Waals surface area contributed by atoms with Crippen LogP contribution in [0, 0.1) is 24.4 Å². The van der Waals surface area contributed by atoms with Gasteiger partial charge in [0.1, 0.15) is 11.5 Å². The number of nitrogens with one attached hydrogen (secondary N) is 2. The van der Waals surface area contributed by atoms with Gasteiger partial charge in [-0.05, 0) is 74.3 Å². The molecule has 1 heterocycles. The third-order valence-corrected chi connectivity index (χ3v) is 4.80. The molecule has 140 valence electrons. The van der Waals surface area contributed by atoms with E-state index in [1.54, 1.807) is 22.9 Å². The van der Waals surface area contributed by atoms with Crippen LogP contribution in [0.3, 0.4) is 0 Å². The fourth-order valence-electron chi connectivity index (χ4n) is 3.08. The number of aromatic amines is 1. The minimum atomic E-state index is -0.335. The maximum absolute atomic E-state index is 13.2. The van der Waals surface area contributed by atoms with Crippen molar-refractivity contribution in [2.24, 2.45) is 0 Å². The first-order chi connectivity index (χ1) is 13.0. The Labute approximate surface area is 163 Å². The summed E-state index contributed by atoms with van der Waals surface area (Å²) < 4.78 is 15.2. The summed E-state index contributed by atoms with van der Waals surface area (Å²) in [5.74, 6) is -0.550. The zero-order valence-electron chi connectivity index (χ0n) is 15.4. The van der Waals surface area contributed by atoms with Crippen molar-refractivity contribution < 1.29 is 9.18 Å². The number of amides is 1. The van der Waals surface area contributed by atoms with E-state index < -0.39 is 0 Å². The molecule has 0 saturated heterocycles.